The topological polar surface area (TPSA) is 66.8 Å². The van der Waals surface area contributed by atoms with Crippen LogP contribution in [0.5, 0.6) is 5.75 Å². The van der Waals surface area contributed by atoms with Crippen LogP contribution in [0.3, 0.4) is 0 Å². The van der Waals surface area contributed by atoms with Gasteiger partial charge in [0.1, 0.15) is 11.5 Å². The summed E-state index contributed by atoms with van der Waals surface area (Å²) in [7, 11) is 0. The number of hydrogen-bond donors (Lipinski definition) is 1. The predicted molar refractivity (Wildman–Crippen MR) is 143 cm³/mol. The van der Waals surface area contributed by atoms with Gasteiger partial charge in [-0.2, -0.15) is 0 Å². The van der Waals surface area contributed by atoms with Gasteiger partial charge >= 0.3 is 0 Å². The molecule has 1 aliphatic rings. The second-order valence-corrected chi connectivity index (χ2v) is 10.0. The lowest BCUT2D eigenvalue weighted by Crippen LogP contribution is -2.29. The smallest absolute Gasteiger partial charge is 0.300 e. The van der Waals surface area contributed by atoms with Gasteiger partial charge in [-0.25, -0.2) is 0 Å². The lowest BCUT2D eigenvalue weighted by Gasteiger charge is -2.26. The molecule has 186 valence electrons. The monoisotopic (exact) mass is 483 g/mol. The first-order chi connectivity index (χ1) is 17.2. The molecule has 0 aromatic heterocycles. The van der Waals surface area contributed by atoms with Crippen LogP contribution >= 0.6 is 0 Å². The van der Waals surface area contributed by atoms with E-state index in [-0.39, 0.29) is 11.3 Å². The van der Waals surface area contributed by atoms with Crippen molar-refractivity contribution < 1.29 is 19.4 Å². The summed E-state index contributed by atoms with van der Waals surface area (Å²) in [5.41, 5.74) is 3.90. The maximum absolute atomic E-state index is 13.4. The molecule has 3 aromatic rings. The van der Waals surface area contributed by atoms with Gasteiger partial charge in [0.25, 0.3) is 11.7 Å². The maximum atomic E-state index is 13.4. The number of aliphatic hydroxyl groups excluding tert-OH is 1. The van der Waals surface area contributed by atoms with Crippen LogP contribution in [0.2, 0.25) is 0 Å². The van der Waals surface area contributed by atoms with E-state index in [1.807, 2.05) is 61.5 Å². The van der Waals surface area contributed by atoms with E-state index in [4.69, 9.17) is 4.74 Å². The van der Waals surface area contributed by atoms with Gasteiger partial charge in [0.15, 0.2) is 0 Å². The molecule has 5 heteroatoms. The van der Waals surface area contributed by atoms with Crippen LogP contribution in [0.1, 0.15) is 61.9 Å². The van der Waals surface area contributed by atoms with E-state index in [0.29, 0.717) is 29.7 Å². The van der Waals surface area contributed by atoms with Crippen molar-refractivity contribution in [2.75, 3.05) is 11.5 Å². The van der Waals surface area contributed by atoms with Crippen LogP contribution in [-0.4, -0.2) is 23.4 Å². The Kier molecular flexibility index (Phi) is 7.30. The Labute approximate surface area is 213 Å². The zero-order valence-electron chi connectivity index (χ0n) is 21.5. The largest absolute Gasteiger partial charge is 0.507 e. The minimum atomic E-state index is -0.742. The van der Waals surface area contributed by atoms with E-state index in [1.54, 1.807) is 18.2 Å². The van der Waals surface area contributed by atoms with Gasteiger partial charge in [0.05, 0.1) is 18.2 Å². The number of Topliss-reactive ketones (excluding diaryl/α,β-unsaturated/α-hetero) is 1. The number of nitrogens with zero attached hydrogens (tertiary/aromatic N) is 1. The van der Waals surface area contributed by atoms with Crippen molar-refractivity contribution in [2.24, 2.45) is 5.92 Å². The first-order valence-corrected chi connectivity index (χ1v) is 12.4. The molecule has 1 atom stereocenters. The van der Waals surface area contributed by atoms with E-state index < -0.39 is 17.7 Å². The van der Waals surface area contributed by atoms with Crippen molar-refractivity contribution in [1.82, 2.24) is 0 Å². The van der Waals surface area contributed by atoms with E-state index in [9.17, 15) is 14.7 Å². The second kappa shape index (κ2) is 10.4. The van der Waals surface area contributed by atoms with Gasteiger partial charge in [0.2, 0.25) is 0 Å². The van der Waals surface area contributed by atoms with Crippen molar-refractivity contribution >= 4 is 23.1 Å². The molecule has 4 rings (SSSR count). The molecule has 1 saturated heterocycles. The molecule has 5 nitrogen and oxygen atoms in total. The van der Waals surface area contributed by atoms with Crippen LogP contribution in [0, 0.1) is 12.8 Å². The minimum Gasteiger partial charge on any atom is -0.507 e. The molecular weight excluding hydrogens is 450 g/mol. The van der Waals surface area contributed by atoms with Gasteiger partial charge < -0.3 is 9.84 Å². The molecule has 1 fully saturated rings. The second-order valence-electron chi connectivity index (χ2n) is 10.0. The number of carbonyl (C=O) groups is 2. The number of ether oxygens (including phenoxy) is 1. The molecule has 1 N–H and O–H groups in total. The summed E-state index contributed by atoms with van der Waals surface area (Å²) in [6.45, 7) is 10.8. The van der Waals surface area contributed by atoms with Crippen LogP contribution in [0.25, 0.3) is 5.76 Å². The first kappa shape index (κ1) is 25.2. The highest BCUT2D eigenvalue weighted by Gasteiger charge is 2.46. The quantitative estimate of drug-likeness (QED) is 0.229. The van der Waals surface area contributed by atoms with Crippen molar-refractivity contribution in [3.8, 4) is 5.75 Å². The summed E-state index contributed by atoms with van der Waals surface area (Å²) in [6, 6.07) is 21.6. The van der Waals surface area contributed by atoms with Gasteiger partial charge in [-0.15, -0.1) is 0 Å². The van der Waals surface area contributed by atoms with E-state index in [1.165, 1.54) is 4.90 Å². The fourth-order valence-electron chi connectivity index (χ4n) is 4.44. The Hall–Kier alpha value is -3.86. The van der Waals surface area contributed by atoms with Crippen molar-refractivity contribution in [2.45, 2.75) is 46.6 Å². The Morgan fingerprint density at radius 2 is 1.61 bits per heavy atom. The molecule has 3 aromatic carbocycles. The van der Waals surface area contributed by atoms with E-state index >= 15 is 0 Å². The number of rotatable bonds is 7. The third kappa shape index (κ3) is 4.92. The molecule has 1 unspecified atom stereocenters. The molecule has 36 heavy (non-hydrogen) atoms. The molecular formula is C31H33NO4. The van der Waals surface area contributed by atoms with Crippen LogP contribution in [0.15, 0.2) is 78.4 Å². The number of aliphatic hydroxyl groups is 1. The number of amides is 1. The lowest BCUT2D eigenvalue weighted by molar-refractivity contribution is -0.132. The maximum Gasteiger partial charge on any atom is 0.300 e. The van der Waals surface area contributed by atoms with Crippen molar-refractivity contribution in [3.05, 3.63) is 101 Å². The summed E-state index contributed by atoms with van der Waals surface area (Å²) in [5.74, 6) is -0.0972. The fourth-order valence-corrected chi connectivity index (χ4v) is 4.44. The normalized spacial score (nSPS) is 17.3. The SMILES string of the molecule is Cc1cc(/C(O)=C2/C(=O)C(=O)N(c3ccc(C(C)C)cc3)C2c2ccccc2)ccc1OCC(C)C. The Morgan fingerprint density at radius 1 is 0.944 bits per heavy atom. The Morgan fingerprint density at radius 3 is 2.19 bits per heavy atom. The molecule has 1 aliphatic heterocycles. The summed E-state index contributed by atoms with van der Waals surface area (Å²) >= 11 is 0. The number of ketones is 1. The van der Waals surface area contributed by atoms with E-state index in [0.717, 1.165) is 22.4 Å². The average molecular weight is 484 g/mol. The van der Waals surface area contributed by atoms with Crippen LogP contribution in [-0.2, 0) is 9.59 Å². The number of aryl methyl sites for hydroxylation is 1. The number of hydrogen-bond acceptors (Lipinski definition) is 4. The predicted octanol–water partition coefficient (Wildman–Crippen LogP) is 6.78. The van der Waals surface area contributed by atoms with Gasteiger partial charge in [-0.1, -0.05) is 70.2 Å². The Bertz CT molecular complexity index is 1290. The summed E-state index contributed by atoms with van der Waals surface area (Å²) in [4.78, 5) is 28.2. The highest BCUT2D eigenvalue weighted by Crippen LogP contribution is 2.42. The number of anilines is 1. The number of carbonyl (C=O) groups excluding carboxylic acids is 2. The van der Waals surface area contributed by atoms with Crippen molar-refractivity contribution in [3.63, 3.8) is 0 Å². The van der Waals surface area contributed by atoms with E-state index in [2.05, 4.69) is 27.7 Å². The standard InChI is InChI=1S/C31H33NO4/c1-19(2)18-36-26-16-13-24(17-21(26)5)29(33)27-28(23-9-7-6-8-10-23)32(31(35)30(27)34)25-14-11-22(12-15-25)20(3)4/h6-17,19-20,28,33H,18H2,1-5H3/b29-27-. The van der Waals surface area contributed by atoms with Crippen LogP contribution in [0.4, 0.5) is 5.69 Å². The third-order valence-corrected chi connectivity index (χ3v) is 6.42. The third-order valence-electron chi connectivity index (χ3n) is 6.42. The zero-order chi connectivity index (χ0) is 26.0. The summed E-state index contributed by atoms with van der Waals surface area (Å²) in [5, 5.41) is 11.4. The highest BCUT2D eigenvalue weighted by molar-refractivity contribution is 6.51. The molecule has 0 radical (unpaired) electrons. The lowest BCUT2D eigenvalue weighted by atomic mass is 9.94. The molecule has 0 spiro atoms. The van der Waals surface area contributed by atoms with Crippen LogP contribution < -0.4 is 9.64 Å². The summed E-state index contributed by atoms with van der Waals surface area (Å²) in [6.07, 6.45) is 0. The highest BCUT2D eigenvalue weighted by atomic mass is 16.5. The number of benzene rings is 3. The average Bonchev–Trinajstić information content (AvgIpc) is 3.13. The minimum absolute atomic E-state index is 0.0781. The fraction of sp³-hybridized carbons (Fsp3) is 0.290. The Balaban J connectivity index is 1.81. The molecule has 1 amide bonds. The summed E-state index contributed by atoms with van der Waals surface area (Å²) < 4.78 is 5.86. The van der Waals surface area contributed by atoms with Gasteiger partial charge in [0, 0.05) is 11.3 Å². The first-order valence-electron chi connectivity index (χ1n) is 12.4. The molecule has 0 bridgehead atoms. The molecule has 0 saturated carbocycles. The molecule has 1 heterocycles. The zero-order valence-corrected chi connectivity index (χ0v) is 21.5. The van der Waals surface area contributed by atoms with Gasteiger partial charge in [-0.05, 0) is 65.8 Å². The van der Waals surface area contributed by atoms with Crippen molar-refractivity contribution in [1.29, 1.82) is 0 Å². The molecule has 0 aliphatic carbocycles. The van der Waals surface area contributed by atoms with Gasteiger partial charge in [-0.3, -0.25) is 14.5 Å².